The molecule has 0 aliphatic carbocycles. The van der Waals surface area contributed by atoms with E-state index in [-0.39, 0.29) is 11.7 Å². The quantitative estimate of drug-likeness (QED) is 0.469. The van der Waals surface area contributed by atoms with E-state index in [0.717, 1.165) is 5.56 Å². The number of amides is 1. The number of aromatic hydroxyl groups is 1. The molecule has 2 heterocycles. The maximum absolute atomic E-state index is 12.7. The van der Waals surface area contributed by atoms with Gasteiger partial charge >= 0.3 is 0 Å². The number of hydrogen-bond donors (Lipinski definition) is 3. The van der Waals surface area contributed by atoms with E-state index in [9.17, 15) is 9.90 Å². The zero-order valence-corrected chi connectivity index (χ0v) is 16.3. The summed E-state index contributed by atoms with van der Waals surface area (Å²) in [7, 11) is 1.74. The number of pyridine rings is 1. The standard InChI is InChI=1S/C21H18ClN5O2/c1-23-18-10-14(21(29)24-12-13-6-2-4-8-16(13)22)11-19-25-20(26-27(18)19)15-7-3-5-9-17(15)28/h2-11,23,28H,12H2,1H3,(H,24,29). The van der Waals surface area contributed by atoms with Crippen molar-refractivity contribution in [2.24, 2.45) is 0 Å². The van der Waals surface area contributed by atoms with Gasteiger partial charge in [0.15, 0.2) is 11.5 Å². The average Bonchev–Trinajstić information content (AvgIpc) is 3.16. The summed E-state index contributed by atoms with van der Waals surface area (Å²) in [6.45, 7) is 0.314. The number of phenols is 1. The summed E-state index contributed by atoms with van der Waals surface area (Å²) in [5, 5.41) is 21.0. The van der Waals surface area contributed by atoms with E-state index in [1.807, 2.05) is 18.2 Å². The molecular weight excluding hydrogens is 390 g/mol. The molecule has 0 radical (unpaired) electrons. The second kappa shape index (κ2) is 7.81. The van der Waals surface area contributed by atoms with E-state index < -0.39 is 0 Å². The summed E-state index contributed by atoms with van der Waals surface area (Å²) in [4.78, 5) is 17.2. The molecule has 29 heavy (non-hydrogen) atoms. The van der Waals surface area contributed by atoms with E-state index in [1.54, 1.807) is 54.0 Å². The van der Waals surface area contributed by atoms with Gasteiger partial charge in [0.05, 0.1) is 5.56 Å². The van der Waals surface area contributed by atoms with Crippen LogP contribution in [0, 0.1) is 0 Å². The normalized spacial score (nSPS) is 10.8. The van der Waals surface area contributed by atoms with Crippen LogP contribution in [0.25, 0.3) is 17.0 Å². The zero-order chi connectivity index (χ0) is 20.4. The Balaban J connectivity index is 1.66. The van der Waals surface area contributed by atoms with Crippen molar-refractivity contribution in [1.82, 2.24) is 19.9 Å². The van der Waals surface area contributed by atoms with Gasteiger partial charge in [-0.1, -0.05) is 41.9 Å². The molecule has 8 heteroatoms. The lowest BCUT2D eigenvalue weighted by atomic mass is 10.2. The molecule has 0 bridgehead atoms. The Morgan fingerprint density at radius 1 is 1.14 bits per heavy atom. The summed E-state index contributed by atoms with van der Waals surface area (Å²) in [5.41, 5.74) is 2.27. The molecule has 146 valence electrons. The number of hydrogen-bond acceptors (Lipinski definition) is 5. The summed E-state index contributed by atoms with van der Waals surface area (Å²) >= 11 is 6.15. The fourth-order valence-corrected chi connectivity index (χ4v) is 3.19. The van der Waals surface area contributed by atoms with Crippen LogP contribution in [0.5, 0.6) is 5.75 Å². The third-order valence-corrected chi connectivity index (χ3v) is 4.87. The minimum absolute atomic E-state index is 0.0899. The van der Waals surface area contributed by atoms with Crippen molar-refractivity contribution in [3.8, 4) is 17.1 Å². The van der Waals surface area contributed by atoms with E-state index in [4.69, 9.17) is 11.6 Å². The molecule has 7 nitrogen and oxygen atoms in total. The number of carbonyl (C=O) groups excluding carboxylic acids is 1. The molecule has 1 amide bonds. The van der Waals surface area contributed by atoms with Gasteiger partial charge in [0, 0.05) is 24.2 Å². The number of para-hydroxylation sites is 1. The second-order valence-electron chi connectivity index (χ2n) is 6.38. The average molecular weight is 408 g/mol. The molecule has 0 atom stereocenters. The Hall–Kier alpha value is -3.58. The smallest absolute Gasteiger partial charge is 0.251 e. The molecule has 4 rings (SSSR count). The number of carbonyl (C=O) groups is 1. The first-order valence-corrected chi connectivity index (χ1v) is 9.33. The second-order valence-corrected chi connectivity index (χ2v) is 6.78. The van der Waals surface area contributed by atoms with E-state index in [1.165, 1.54) is 0 Å². The van der Waals surface area contributed by atoms with Crippen molar-refractivity contribution in [2.75, 3.05) is 12.4 Å². The van der Waals surface area contributed by atoms with Gasteiger partial charge in [-0.3, -0.25) is 4.79 Å². The molecule has 4 aromatic rings. The molecule has 3 N–H and O–H groups in total. The van der Waals surface area contributed by atoms with Crippen LogP contribution >= 0.6 is 11.6 Å². The summed E-state index contributed by atoms with van der Waals surface area (Å²) < 4.78 is 1.59. The van der Waals surface area contributed by atoms with Crippen molar-refractivity contribution in [2.45, 2.75) is 6.54 Å². The number of nitrogens with zero attached hydrogens (tertiary/aromatic N) is 3. The van der Waals surface area contributed by atoms with E-state index in [2.05, 4.69) is 20.7 Å². The maximum atomic E-state index is 12.7. The van der Waals surface area contributed by atoms with Crippen LogP contribution in [0.15, 0.2) is 60.7 Å². The van der Waals surface area contributed by atoms with Crippen LogP contribution in [-0.4, -0.2) is 32.7 Å². The van der Waals surface area contributed by atoms with Gasteiger partial charge < -0.3 is 15.7 Å². The number of fused-ring (bicyclic) bond motifs is 1. The first kappa shape index (κ1) is 18.8. The topological polar surface area (TPSA) is 91.5 Å². The van der Waals surface area contributed by atoms with E-state index in [0.29, 0.717) is 40.0 Å². The third kappa shape index (κ3) is 3.72. The van der Waals surface area contributed by atoms with Gasteiger partial charge in [0.1, 0.15) is 11.6 Å². The molecule has 2 aromatic carbocycles. The molecular formula is C21H18ClN5O2. The predicted molar refractivity (Wildman–Crippen MR) is 112 cm³/mol. The third-order valence-electron chi connectivity index (χ3n) is 4.50. The highest BCUT2D eigenvalue weighted by Crippen LogP contribution is 2.27. The van der Waals surface area contributed by atoms with Crippen LogP contribution in [0.1, 0.15) is 15.9 Å². The number of nitrogens with one attached hydrogen (secondary N) is 2. The molecule has 0 fully saturated rings. The SMILES string of the molecule is CNc1cc(C(=O)NCc2ccccc2Cl)cc2nc(-c3ccccc3O)nn12. The van der Waals surface area contributed by atoms with Crippen LogP contribution in [-0.2, 0) is 6.54 Å². The van der Waals surface area contributed by atoms with Crippen molar-refractivity contribution in [3.05, 3.63) is 76.8 Å². The number of benzene rings is 2. The molecule has 0 saturated carbocycles. The molecule has 0 aliphatic heterocycles. The number of phenolic OH excluding ortho intramolecular Hbond substituents is 1. The highest BCUT2D eigenvalue weighted by atomic mass is 35.5. The zero-order valence-electron chi connectivity index (χ0n) is 15.6. The molecule has 0 aliphatic rings. The Bertz CT molecular complexity index is 1200. The summed E-state index contributed by atoms with van der Waals surface area (Å²) in [5.74, 6) is 0.802. The monoisotopic (exact) mass is 407 g/mol. The number of anilines is 1. The van der Waals surface area contributed by atoms with Crippen molar-refractivity contribution < 1.29 is 9.90 Å². The van der Waals surface area contributed by atoms with Gasteiger partial charge in [-0.2, -0.15) is 4.52 Å². The largest absolute Gasteiger partial charge is 0.507 e. The summed E-state index contributed by atoms with van der Waals surface area (Å²) in [6, 6.07) is 17.5. The predicted octanol–water partition coefficient (Wildman–Crippen LogP) is 3.73. The minimum atomic E-state index is -0.254. The number of rotatable bonds is 5. The lowest BCUT2D eigenvalue weighted by Crippen LogP contribution is -2.23. The highest BCUT2D eigenvalue weighted by Gasteiger charge is 2.16. The molecule has 0 spiro atoms. The maximum Gasteiger partial charge on any atom is 0.251 e. The van der Waals surface area contributed by atoms with Crippen LogP contribution in [0.2, 0.25) is 5.02 Å². The molecule has 0 saturated heterocycles. The van der Waals surface area contributed by atoms with Crippen LogP contribution in [0.4, 0.5) is 5.82 Å². The first-order valence-electron chi connectivity index (χ1n) is 8.95. The van der Waals surface area contributed by atoms with Crippen molar-refractivity contribution in [3.63, 3.8) is 0 Å². The Morgan fingerprint density at radius 2 is 1.90 bits per heavy atom. The fraction of sp³-hybridized carbons (Fsp3) is 0.0952. The minimum Gasteiger partial charge on any atom is -0.507 e. The van der Waals surface area contributed by atoms with Gasteiger partial charge in [0.25, 0.3) is 5.91 Å². The van der Waals surface area contributed by atoms with Crippen LogP contribution < -0.4 is 10.6 Å². The highest BCUT2D eigenvalue weighted by molar-refractivity contribution is 6.31. The number of halogens is 1. The van der Waals surface area contributed by atoms with Crippen LogP contribution in [0.3, 0.4) is 0 Å². The Labute approximate surface area is 172 Å². The molecule has 2 aromatic heterocycles. The fourth-order valence-electron chi connectivity index (χ4n) is 2.99. The van der Waals surface area contributed by atoms with Crippen molar-refractivity contribution in [1.29, 1.82) is 0 Å². The lowest BCUT2D eigenvalue weighted by molar-refractivity contribution is 0.0951. The number of aromatic nitrogens is 3. The summed E-state index contributed by atoms with van der Waals surface area (Å²) in [6.07, 6.45) is 0. The first-order chi connectivity index (χ1) is 14.1. The Morgan fingerprint density at radius 3 is 2.66 bits per heavy atom. The molecule has 0 unspecified atom stereocenters. The van der Waals surface area contributed by atoms with Gasteiger partial charge in [-0.15, -0.1) is 5.10 Å². The van der Waals surface area contributed by atoms with Crippen molar-refractivity contribution >= 4 is 29.0 Å². The lowest BCUT2D eigenvalue weighted by Gasteiger charge is -2.09. The van der Waals surface area contributed by atoms with Gasteiger partial charge in [-0.25, -0.2) is 4.98 Å². The van der Waals surface area contributed by atoms with E-state index >= 15 is 0 Å². The Kier molecular flexibility index (Phi) is 5.05. The van der Waals surface area contributed by atoms with Gasteiger partial charge in [0.2, 0.25) is 0 Å². The van der Waals surface area contributed by atoms with Gasteiger partial charge in [-0.05, 0) is 35.9 Å².